The van der Waals surface area contributed by atoms with Crippen LogP contribution in [0.2, 0.25) is 0 Å². The minimum atomic E-state index is 0.319. The highest BCUT2D eigenvalue weighted by atomic mass is 16.5. The van der Waals surface area contributed by atoms with Crippen LogP contribution in [-0.2, 0) is 5.41 Å². The molecular formula is C15H23NO. The molecule has 1 aliphatic heterocycles. The zero-order chi connectivity index (χ0) is 12.3. The van der Waals surface area contributed by atoms with Gasteiger partial charge in [0.05, 0.1) is 7.11 Å². The van der Waals surface area contributed by atoms with Crippen molar-refractivity contribution in [3.05, 3.63) is 29.8 Å². The van der Waals surface area contributed by atoms with Gasteiger partial charge in [0.25, 0.3) is 0 Å². The Morgan fingerprint density at radius 1 is 1.47 bits per heavy atom. The molecule has 0 saturated carbocycles. The number of ether oxygens (including phenoxy) is 1. The molecule has 17 heavy (non-hydrogen) atoms. The summed E-state index contributed by atoms with van der Waals surface area (Å²) in [7, 11) is 1.74. The summed E-state index contributed by atoms with van der Waals surface area (Å²) in [6.07, 6.45) is 2.42. The van der Waals surface area contributed by atoms with Crippen LogP contribution in [0.3, 0.4) is 0 Å². The van der Waals surface area contributed by atoms with E-state index in [0.717, 1.165) is 18.8 Å². The van der Waals surface area contributed by atoms with Gasteiger partial charge in [0.2, 0.25) is 0 Å². The van der Waals surface area contributed by atoms with Gasteiger partial charge in [0.15, 0.2) is 0 Å². The number of piperidine rings is 1. The molecule has 1 heterocycles. The number of hydrogen-bond donors (Lipinski definition) is 1. The molecule has 2 rings (SSSR count). The number of rotatable bonds is 3. The molecule has 1 N–H and O–H groups in total. The highest BCUT2D eigenvalue weighted by molar-refractivity contribution is 5.35. The zero-order valence-corrected chi connectivity index (χ0v) is 11.1. The Morgan fingerprint density at radius 3 is 2.94 bits per heavy atom. The van der Waals surface area contributed by atoms with Gasteiger partial charge in [-0.15, -0.1) is 0 Å². The molecule has 0 bridgehead atoms. The zero-order valence-electron chi connectivity index (χ0n) is 11.1. The second kappa shape index (κ2) is 5.09. The molecule has 1 saturated heterocycles. The van der Waals surface area contributed by atoms with Crippen molar-refractivity contribution in [1.82, 2.24) is 5.32 Å². The van der Waals surface area contributed by atoms with E-state index in [4.69, 9.17) is 4.74 Å². The predicted octanol–water partition coefficient (Wildman–Crippen LogP) is 2.97. The van der Waals surface area contributed by atoms with E-state index in [9.17, 15) is 0 Å². The molecule has 0 unspecified atom stereocenters. The lowest BCUT2D eigenvalue weighted by Crippen LogP contribution is -2.46. The maximum absolute atomic E-state index is 5.35. The topological polar surface area (TPSA) is 21.3 Å². The third-order valence-corrected chi connectivity index (χ3v) is 4.42. The second-order valence-corrected chi connectivity index (χ2v) is 5.10. The first-order chi connectivity index (χ1) is 8.23. The largest absolute Gasteiger partial charge is 0.497 e. The third kappa shape index (κ3) is 2.19. The molecule has 2 nitrogen and oxygen atoms in total. The molecule has 0 aromatic heterocycles. The Labute approximate surface area is 104 Å². The SMILES string of the molecule is CC[C@]1(c2cccc(OC)c2)CCNC[C@@H]1C. The van der Waals surface area contributed by atoms with Crippen molar-refractivity contribution in [2.75, 3.05) is 20.2 Å². The van der Waals surface area contributed by atoms with Gasteiger partial charge in [-0.3, -0.25) is 0 Å². The summed E-state index contributed by atoms with van der Waals surface area (Å²) in [5, 5.41) is 3.49. The first kappa shape index (κ1) is 12.4. The van der Waals surface area contributed by atoms with Crippen LogP contribution in [0.4, 0.5) is 0 Å². The number of benzene rings is 1. The Morgan fingerprint density at radius 2 is 2.29 bits per heavy atom. The Bertz CT molecular complexity index is 377. The lowest BCUT2D eigenvalue weighted by atomic mass is 9.65. The standard InChI is InChI=1S/C15H23NO/c1-4-15(8-9-16-11-12(15)2)13-6-5-7-14(10-13)17-3/h5-7,10,12,16H,4,8-9,11H2,1-3H3/t12-,15-/m0/s1. The van der Waals surface area contributed by atoms with Crippen molar-refractivity contribution in [1.29, 1.82) is 0 Å². The molecule has 0 spiro atoms. The predicted molar refractivity (Wildman–Crippen MR) is 71.6 cm³/mol. The van der Waals surface area contributed by atoms with Gasteiger partial charge in [-0.1, -0.05) is 26.0 Å². The van der Waals surface area contributed by atoms with E-state index in [1.54, 1.807) is 7.11 Å². The van der Waals surface area contributed by atoms with E-state index < -0.39 is 0 Å². The highest BCUT2D eigenvalue weighted by Crippen LogP contribution is 2.41. The third-order valence-electron chi connectivity index (χ3n) is 4.42. The molecule has 1 aromatic carbocycles. The summed E-state index contributed by atoms with van der Waals surface area (Å²) in [4.78, 5) is 0. The molecule has 1 aliphatic rings. The van der Waals surface area contributed by atoms with Crippen molar-refractivity contribution < 1.29 is 4.74 Å². The summed E-state index contributed by atoms with van der Waals surface area (Å²) in [5.74, 6) is 1.65. The summed E-state index contributed by atoms with van der Waals surface area (Å²) < 4.78 is 5.35. The van der Waals surface area contributed by atoms with Gasteiger partial charge in [-0.2, -0.15) is 0 Å². The Balaban J connectivity index is 2.38. The van der Waals surface area contributed by atoms with E-state index in [2.05, 4.69) is 37.4 Å². The van der Waals surface area contributed by atoms with E-state index in [0.29, 0.717) is 11.3 Å². The van der Waals surface area contributed by atoms with Crippen LogP contribution >= 0.6 is 0 Å². The van der Waals surface area contributed by atoms with Crippen LogP contribution in [0.5, 0.6) is 5.75 Å². The average Bonchev–Trinajstić information content (AvgIpc) is 2.40. The molecule has 0 amide bonds. The average molecular weight is 233 g/mol. The minimum absolute atomic E-state index is 0.319. The number of hydrogen-bond acceptors (Lipinski definition) is 2. The smallest absolute Gasteiger partial charge is 0.119 e. The fraction of sp³-hybridized carbons (Fsp3) is 0.600. The monoisotopic (exact) mass is 233 g/mol. The summed E-state index contributed by atoms with van der Waals surface area (Å²) in [5.41, 5.74) is 1.76. The molecular weight excluding hydrogens is 210 g/mol. The Hall–Kier alpha value is -1.02. The van der Waals surface area contributed by atoms with Crippen molar-refractivity contribution in [3.8, 4) is 5.75 Å². The van der Waals surface area contributed by atoms with E-state index in [-0.39, 0.29) is 0 Å². The van der Waals surface area contributed by atoms with Crippen LogP contribution < -0.4 is 10.1 Å². The summed E-state index contributed by atoms with van der Waals surface area (Å²) >= 11 is 0. The van der Waals surface area contributed by atoms with Gasteiger partial charge < -0.3 is 10.1 Å². The fourth-order valence-corrected chi connectivity index (χ4v) is 3.16. The van der Waals surface area contributed by atoms with Gasteiger partial charge in [0, 0.05) is 5.41 Å². The van der Waals surface area contributed by atoms with Gasteiger partial charge in [-0.25, -0.2) is 0 Å². The number of methoxy groups -OCH3 is 1. The van der Waals surface area contributed by atoms with Crippen molar-refractivity contribution in [2.45, 2.75) is 32.1 Å². The van der Waals surface area contributed by atoms with Gasteiger partial charge in [0.1, 0.15) is 5.75 Å². The van der Waals surface area contributed by atoms with Crippen LogP contribution in [0.25, 0.3) is 0 Å². The maximum atomic E-state index is 5.35. The van der Waals surface area contributed by atoms with Crippen molar-refractivity contribution in [3.63, 3.8) is 0 Å². The van der Waals surface area contributed by atoms with E-state index in [1.807, 2.05) is 6.07 Å². The summed E-state index contributed by atoms with van der Waals surface area (Å²) in [6, 6.07) is 8.61. The first-order valence-electron chi connectivity index (χ1n) is 6.58. The van der Waals surface area contributed by atoms with Crippen LogP contribution in [-0.4, -0.2) is 20.2 Å². The maximum Gasteiger partial charge on any atom is 0.119 e. The van der Waals surface area contributed by atoms with E-state index >= 15 is 0 Å². The Kier molecular flexibility index (Phi) is 3.72. The first-order valence-corrected chi connectivity index (χ1v) is 6.58. The highest BCUT2D eigenvalue weighted by Gasteiger charge is 2.38. The van der Waals surface area contributed by atoms with Crippen LogP contribution in [0.15, 0.2) is 24.3 Å². The molecule has 0 radical (unpaired) electrons. The van der Waals surface area contributed by atoms with Gasteiger partial charge in [-0.05, 0) is 49.5 Å². The van der Waals surface area contributed by atoms with Crippen LogP contribution in [0, 0.1) is 5.92 Å². The molecule has 0 aliphatic carbocycles. The fourth-order valence-electron chi connectivity index (χ4n) is 3.16. The minimum Gasteiger partial charge on any atom is -0.497 e. The molecule has 94 valence electrons. The molecule has 2 atom stereocenters. The number of nitrogens with one attached hydrogen (secondary N) is 1. The van der Waals surface area contributed by atoms with Gasteiger partial charge >= 0.3 is 0 Å². The quantitative estimate of drug-likeness (QED) is 0.866. The van der Waals surface area contributed by atoms with Crippen molar-refractivity contribution >= 4 is 0 Å². The summed E-state index contributed by atoms with van der Waals surface area (Å²) in [6.45, 7) is 6.90. The lowest BCUT2D eigenvalue weighted by Gasteiger charge is -2.43. The second-order valence-electron chi connectivity index (χ2n) is 5.10. The molecule has 1 aromatic rings. The normalized spacial score (nSPS) is 29.0. The lowest BCUT2D eigenvalue weighted by molar-refractivity contribution is 0.207. The van der Waals surface area contributed by atoms with E-state index in [1.165, 1.54) is 18.4 Å². The van der Waals surface area contributed by atoms with Crippen molar-refractivity contribution in [2.24, 2.45) is 5.92 Å². The molecule has 1 fully saturated rings. The molecule has 2 heteroatoms. The van der Waals surface area contributed by atoms with Crippen LogP contribution in [0.1, 0.15) is 32.3 Å².